The van der Waals surface area contributed by atoms with E-state index in [4.69, 9.17) is 9.40 Å². The van der Waals surface area contributed by atoms with Gasteiger partial charge in [-0.25, -0.2) is 4.98 Å². The summed E-state index contributed by atoms with van der Waals surface area (Å²) >= 11 is 3.24. The number of aryl methyl sites for hydroxylation is 1. The summed E-state index contributed by atoms with van der Waals surface area (Å²) < 4.78 is 7.65. The lowest BCUT2D eigenvalue weighted by Gasteiger charge is -2.17. The first-order valence-corrected chi connectivity index (χ1v) is 12.8. The van der Waals surface area contributed by atoms with Gasteiger partial charge in [0.25, 0.3) is 5.56 Å². The molecule has 4 aromatic heterocycles. The van der Waals surface area contributed by atoms with Gasteiger partial charge in [-0.15, -0.1) is 21.5 Å². The molecule has 4 aromatic rings. The van der Waals surface area contributed by atoms with Gasteiger partial charge in [-0.2, -0.15) is 0 Å². The van der Waals surface area contributed by atoms with E-state index in [1.165, 1.54) is 10.4 Å². The van der Waals surface area contributed by atoms with E-state index in [2.05, 4.69) is 40.5 Å². The standard InChI is InChI=1S/C23H27N5O2S2/c1-12(2)11-28-20(16-6-5-9-30-16)26-27-23(28)31-14(4)19-24-21(29)18-15-8-7-13(3)10-17(15)32-22(18)25-19/h5-6,9,12-14H,7-8,10-11H2,1-4H3,(H,24,25,29). The van der Waals surface area contributed by atoms with E-state index in [9.17, 15) is 4.79 Å². The van der Waals surface area contributed by atoms with Gasteiger partial charge >= 0.3 is 0 Å². The van der Waals surface area contributed by atoms with E-state index in [1.807, 2.05) is 19.1 Å². The number of hydrogen-bond acceptors (Lipinski definition) is 7. The fourth-order valence-electron chi connectivity index (χ4n) is 4.27. The average Bonchev–Trinajstić information content (AvgIpc) is 3.46. The SMILES string of the molecule is CC(C)Cn1c(SC(C)c2nc3sc4c(c3c(=O)[nH]2)CCC(C)C4)nnc1-c1ccco1. The molecular weight excluding hydrogens is 442 g/mol. The second kappa shape index (κ2) is 8.51. The Morgan fingerprint density at radius 2 is 2.19 bits per heavy atom. The van der Waals surface area contributed by atoms with Crippen molar-refractivity contribution in [2.24, 2.45) is 11.8 Å². The minimum Gasteiger partial charge on any atom is -0.461 e. The molecule has 1 N–H and O–H groups in total. The third kappa shape index (κ3) is 3.92. The topological polar surface area (TPSA) is 89.6 Å². The van der Waals surface area contributed by atoms with Crippen LogP contribution in [0.2, 0.25) is 0 Å². The fourth-order valence-corrected chi connectivity index (χ4v) is 6.57. The Hall–Kier alpha value is -2.39. The van der Waals surface area contributed by atoms with Gasteiger partial charge in [0.1, 0.15) is 10.7 Å². The smallest absolute Gasteiger partial charge is 0.259 e. The lowest BCUT2D eigenvalue weighted by Crippen LogP contribution is -2.15. The summed E-state index contributed by atoms with van der Waals surface area (Å²) in [6.45, 7) is 9.42. The molecular formula is C23H27N5O2S2. The van der Waals surface area contributed by atoms with Gasteiger partial charge in [0, 0.05) is 11.4 Å². The number of fused-ring (bicyclic) bond motifs is 3. The highest BCUT2D eigenvalue weighted by atomic mass is 32.2. The van der Waals surface area contributed by atoms with Crippen LogP contribution in [0.5, 0.6) is 0 Å². The van der Waals surface area contributed by atoms with E-state index in [0.29, 0.717) is 23.4 Å². The summed E-state index contributed by atoms with van der Waals surface area (Å²) in [7, 11) is 0. The molecule has 4 heterocycles. The highest BCUT2D eigenvalue weighted by molar-refractivity contribution is 7.99. The van der Waals surface area contributed by atoms with Crippen LogP contribution >= 0.6 is 23.1 Å². The Morgan fingerprint density at radius 1 is 1.34 bits per heavy atom. The molecule has 7 nitrogen and oxygen atoms in total. The summed E-state index contributed by atoms with van der Waals surface area (Å²) in [6.07, 6.45) is 4.79. The van der Waals surface area contributed by atoms with Crippen molar-refractivity contribution in [2.75, 3.05) is 0 Å². The quantitative estimate of drug-likeness (QED) is 0.377. The largest absolute Gasteiger partial charge is 0.461 e. The van der Waals surface area contributed by atoms with Gasteiger partial charge in [0.15, 0.2) is 16.7 Å². The first kappa shape index (κ1) is 21.5. The Balaban J connectivity index is 1.48. The van der Waals surface area contributed by atoms with Gasteiger partial charge in [-0.05, 0) is 55.7 Å². The van der Waals surface area contributed by atoms with E-state index >= 15 is 0 Å². The molecule has 0 aliphatic heterocycles. The number of aromatic amines is 1. The zero-order valence-electron chi connectivity index (χ0n) is 18.7. The first-order chi connectivity index (χ1) is 15.4. The number of nitrogens with one attached hydrogen (secondary N) is 1. The molecule has 5 rings (SSSR count). The summed E-state index contributed by atoms with van der Waals surface area (Å²) in [6, 6.07) is 3.75. The molecule has 0 radical (unpaired) electrons. The highest BCUT2D eigenvalue weighted by Crippen LogP contribution is 2.38. The van der Waals surface area contributed by atoms with Crippen LogP contribution in [-0.2, 0) is 19.4 Å². The van der Waals surface area contributed by atoms with E-state index < -0.39 is 0 Å². The summed E-state index contributed by atoms with van der Waals surface area (Å²) in [5, 5.41) is 10.3. The van der Waals surface area contributed by atoms with Crippen molar-refractivity contribution in [3.8, 4) is 11.6 Å². The van der Waals surface area contributed by atoms with Crippen molar-refractivity contribution in [3.63, 3.8) is 0 Å². The lowest BCUT2D eigenvalue weighted by molar-refractivity contribution is 0.489. The number of furan rings is 1. The molecule has 0 saturated carbocycles. The molecule has 0 fully saturated rings. The molecule has 168 valence electrons. The van der Waals surface area contributed by atoms with Crippen LogP contribution in [0.25, 0.3) is 21.8 Å². The zero-order valence-corrected chi connectivity index (χ0v) is 20.3. The molecule has 0 spiro atoms. The minimum atomic E-state index is -0.0790. The first-order valence-electron chi connectivity index (χ1n) is 11.1. The highest BCUT2D eigenvalue weighted by Gasteiger charge is 2.25. The van der Waals surface area contributed by atoms with Gasteiger partial charge in [0.05, 0.1) is 16.9 Å². The lowest BCUT2D eigenvalue weighted by atomic mass is 9.89. The molecule has 32 heavy (non-hydrogen) atoms. The summed E-state index contributed by atoms with van der Waals surface area (Å²) in [5.74, 6) is 3.18. The van der Waals surface area contributed by atoms with Gasteiger partial charge < -0.3 is 9.40 Å². The van der Waals surface area contributed by atoms with Crippen LogP contribution in [0.4, 0.5) is 0 Å². The number of rotatable bonds is 6. The average molecular weight is 470 g/mol. The number of nitrogens with zero attached hydrogens (tertiary/aromatic N) is 4. The third-order valence-corrected chi connectivity index (χ3v) is 8.10. The van der Waals surface area contributed by atoms with Crippen LogP contribution in [0.15, 0.2) is 32.8 Å². The van der Waals surface area contributed by atoms with E-state index in [-0.39, 0.29) is 10.8 Å². The molecule has 1 aliphatic carbocycles. The van der Waals surface area contributed by atoms with Crippen LogP contribution in [-0.4, -0.2) is 24.7 Å². The molecule has 0 bridgehead atoms. The molecule has 2 atom stereocenters. The third-order valence-electron chi connectivity index (χ3n) is 5.86. The maximum atomic E-state index is 13.0. The van der Waals surface area contributed by atoms with Gasteiger partial charge in [0.2, 0.25) is 0 Å². The number of aromatic nitrogens is 5. The zero-order chi connectivity index (χ0) is 22.4. The van der Waals surface area contributed by atoms with Crippen molar-refractivity contribution in [2.45, 2.75) is 63.9 Å². The maximum absolute atomic E-state index is 13.0. The number of hydrogen-bond donors (Lipinski definition) is 1. The number of thioether (sulfide) groups is 1. The van der Waals surface area contributed by atoms with E-state index in [1.54, 1.807) is 29.4 Å². The van der Waals surface area contributed by atoms with Gasteiger partial charge in [-0.1, -0.05) is 32.5 Å². The summed E-state index contributed by atoms with van der Waals surface area (Å²) in [5.41, 5.74) is 1.19. The Morgan fingerprint density at radius 3 is 2.94 bits per heavy atom. The van der Waals surface area contributed by atoms with E-state index in [0.717, 1.165) is 47.0 Å². The second-order valence-corrected chi connectivity index (χ2v) is 11.4. The van der Waals surface area contributed by atoms with Gasteiger partial charge in [-0.3, -0.25) is 9.36 Å². The minimum absolute atomic E-state index is 0.0237. The second-order valence-electron chi connectivity index (χ2n) is 9.03. The van der Waals surface area contributed by atoms with Crippen molar-refractivity contribution < 1.29 is 4.42 Å². The maximum Gasteiger partial charge on any atom is 0.259 e. The Kier molecular flexibility index (Phi) is 5.71. The predicted octanol–water partition coefficient (Wildman–Crippen LogP) is 5.47. The normalized spacial score (nSPS) is 17.2. The Bertz CT molecular complexity index is 1300. The Labute approximate surface area is 194 Å². The number of thiophene rings is 1. The number of H-pyrrole nitrogens is 1. The molecule has 1 aliphatic rings. The van der Waals surface area contributed by atoms with Crippen LogP contribution in [0, 0.1) is 11.8 Å². The molecule has 0 amide bonds. The molecule has 0 aromatic carbocycles. The van der Waals surface area contributed by atoms with Crippen LogP contribution < -0.4 is 5.56 Å². The van der Waals surface area contributed by atoms with Crippen molar-refractivity contribution >= 4 is 33.3 Å². The van der Waals surface area contributed by atoms with Crippen molar-refractivity contribution in [1.29, 1.82) is 0 Å². The molecule has 2 unspecified atom stereocenters. The molecule has 0 saturated heterocycles. The summed E-state index contributed by atoms with van der Waals surface area (Å²) in [4.78, 5) is 23.1. The molecule has 9 heteroatoms. The van der Waals surface area contributed by atoms with Crippen LogP contribution in [0.3, 0.4) is 0 Å². The van der Waals surface area contributed by atoms with Crippen molar-refractivity contribution in [3.05, 3.63) is 45.0 Å². The van der Waals surface area contributed by atoms with Crippen molar-refractivity contribution in [1.82, 2.24) is 24.7 Å². The van der Waals surface area contributed by atoms with Crippen LogP contribution in [0.1, 0.15) is 55.6 Å². The fraction of sp³-hybridized carbons (Fsp3) is 0.478. The predicted molar refractivity (Wildman–Crippen MR) is 128 cm³/mol. The monoisotopic (exact) mass is 469 g/mol.